The zero-order valence-electron chi connectivity index (χ0n) is 17.5. The van der Waals surface area contributed by atoms with Gasteiger partial charge in [0.2, 0.25) is 5.91 Å². The second-order valence-electron chi connectivity index (χ2n) is 9.48. The summed E-state index contributed by atoms with van der Waals surface area (Å²) in [6.45, 7) is 5.95. The summed E-state index contributed by atoms with van der Waals surface area (Å²) >= 11 is 0. The minimum Gasteiger partial charge on any atom is -0.444 e. The Balaban J connectivity index is 1.47. The fourth-order valence-corrected chi connectivity index (χ4v) is 4.48. The quantitative estimate of drug-likeness (QED) is 0.714. The Morgan fingerprint density at radius 3 is 2.43 bits per heavy atom. The number of amides is 2. The molecule has 1 aliphatic carbocycles. The predicted molar refractivity (Wildman–Crippen MR) is 107 cm³/mol. The highest BCUT2D eigenvalue weighted by Crippen LogP contribution is 2.51. The van der Waals surface area contributed by atoms with Gasteiger partial charge in [0.25, 0.3) is 0 Å². The maximum atomic E-state index is 13.7. The molecule has 0 N–H and O–H groups in total. The summed E-state index contributed by atoms with van der Waals surface area (Å²) in [5, 5.41) is 5.57. The number of ether oxygens (including phenoxy) is 1. The Morgan fingerprint density at radius 1 is 1.17 bits per heavy atom. The molecule has 162 valence electrons. The zero-order chi connectivity index (χ0) is 21.7. The van der Waals surface area contributed by atoms with Gasteiger partial charge < -0.3 is 9.64 Å². The van der Waals surface area contributed by atoms with E-state index in [1.165, 1.54) is 17.1 Å². The highest BCUT2D eigenvalue weighted by Gasteiger charge is 2.56. The standard InChI is InChI=1S/C22H27F2N3O3/c1-21(2,3)30-20(29)26-9-5-14(13-22(26)6-7-22)19(28)27-18(4-8-25-27)15-10-16(23)12-17(24)11-15/h8,10-12,14,18H,4-7,9,13H2,1-3H3. The molecule has 2 amide bonds. The van der Waals surface area contributed by atoms with E-state index in [4.69, 9.17) is 4.74 Å². The first kappa shape index (κ1) is 20.8. The van der Waals surface area contributed by atoms with Crippen molar-refractivity contribution in [2.45, 2.75) is 70.1 Å². The minimum atomic E-state index is -0.674. The van der Waals surface area contributed by atoms with Crippen LogP contribution in [-0.4, -0.2) is 45.8 Å². The number of rotatable bonds is 2. The topological polar surface area (TPSA) is 62.2 Å². The van der Waals surface area contributed by atoms with Gasteiger partial charge in [0.15, 0.2) is 0 Å². The SMILES string of the molecule is CC(C)(C)OC(=O)N1CCC(C(=O)N2N=CCC2c2cc(F)cc(F)c2)CC12CC2. The first-order valence-corrected chi connectivity index (χ1v) is 10.4. The van der Waals surface area contributed by atoms with Gasteiger partial charge in [0, 0.05) is 36.7 Å². The van der Waals surface area contributed by atoms with E-state index in [-0.39, 0.29) is 23.5 Å². The molecule has 4 rings (SSSR count). The van der Waals surface area contributed by atoms with E-state index in [0.29, 0.717) is 31.4 Å². The third-order valence-electron chi connectivity index (χ3n) is 6.02. The average Bonchev–Trinajstić information content (AvgIpc) is 3.21. The van der Waals surface area contributed by atoms with E-state index >= 15 is 0 Å². The molecule has 1 spiro atoms. The van der Waals surface area contributed by atoms with E-state index in [1.54, 1.807) is 11.1 Å². The van der Waals surface area contributed by atoms with Crippen LogP contribution in [-0.2, 0) is 9.53 Å². The van der Waals surface area contributed by atoms with Crippen LogP contribution in [0.3, 0.4) is 0 Å². The fourth-order valence-electron chi connectivity index (χ4n) is 4.48. The van der Waals surface area contributed by atoms with Crippen molar-refractivity contribution in [2.75, 3.05) is 6.54 Å². The maximum Gasteiger partial charge on any atom is 0.410 e. The van der Waals surface area contributed by atoms with E-state index in [9.17, 15) is 18.4 Å². The van der Waals surface area contributed by atoms with Crippen LogP contribution in [0.2, 0.25) is 0 Å². The molecule has 0 aromatic heterocycles. The number of likely N-dealkylation sites (tertiary alicyclic amines) is 1. The number of carbonyl (C=O) groups is 2. The van der Waals surface area contributed by atoms with E-state index in [1.807, 2.05) is 20.8 Å². The van der Waals surface area contributed by atoms with Crippen LogP contribution >= 0.6 is 0 Å². The summed E-state index contributed by atoms with van der Waals surface area (Å²) in [6, 6.07) is 2.79. The lowest BCUT2D eigenvalue weighted by molar-refractivity contribution is -0.140. The highest BCUT2D eigenvalue weighted by atomic mass is 19.1. The first-order valence-electron chi connectivity index (χ1n) is 10.4. The van der Waals surface area contributed by atoms with Gasteiger partial charge in [-0.3, -0.25) is 4.79 Å². The molecular formula is C22H27F2N3O3. The molecular weight excluding hydrogens is 392 g/mol. The minimum absolute atomic E-state index is 0.159. The van der Waals surface area contributed by atoms with E-state index in [0.717, 1.165) is 18.9 Å². The van der Waals surface area contributed by atoms with Crippen LogP contribution in [0.5, 0.6) is 0 Å². The number of hydrogen-bond acceptors (Lipinski definition) is 4. The number of carbonyl (C=O) groups excluding carboxylic acids is 2. The molecule has 1 saturated heterocycles. The van der Waals surface area contributed by atoms with E-state index in [2.05, 4.69) is 5.10 Å². The van der Waals surface area contributed by atoms with Crippen molar-refractivity contribution < 1.29 is 23.1 Å². The van der Waals surface area contributed by atoms with Crippen molar-refractivity contribution >= 4 is 18.2 Å². The summed E-state index contributed by atoms with van der Waals surface area (Å²) in [5.74, 6) is -1.80. The molecule has 1 saturated carbocycles. The Labute approximate surface area is 174 Å². The highest BCUT2D eigenvalue weighted by molar-refractivity contribution is 5.82. The second-order valence-corrected chi connectivity index (χ2v) is 9.48. The van der Waals surface area contributed by atoms with Crippen LogP contribution in [0.1, 0.15) is 64.5 Å². The fraction of sp³-hybridized carbons (Fsp3) is 0.591. The molecule has 8 heteroatoms. The molecule has 30 heavy (non-hydrogen) atoms. The lowest BCUT2D eigenvalue weighted by Gasteiger charge is -2.41. The van der Waals surface area contributed by atoms with Gasteiger partial charge in [-0.2, -0.15) is 5.10 Å². The molecule has 6 nitrogen and oxygen atoms in total. The Morgan fingerprint density at radius 2 is 1.83 bits per heavy atom. The summed E-state index contributed by atoms with van der Waals surface area (Å²) in [6.07, 6.45) is 4.44. The van der Waals surface area contributed by atoms with Crippen molar-refractivity contribution in [1.29, 1.82) is 0 Å². The van der Waals surface area contributed by atoms with Gasteiger partial charge in [0.05, 0.1) is 6.04 Å². The molecule has 0 bridgehead atoms. The Bertz CT molecular complexity index is 872. The third kappa shape index (κ3) is 4.04. The molecule has 2 atom stereocenters. The molecule has 0 radical (unpaired) electrons. The summed E-state index contributed by atoms with van der Waals surface area (Å²) < 4.78 is 32.9. The number of halogens is 2. The molecule has 2 unspecified atom stereocenters. The Hall–Kier alpha value is -2.51. The maximum absolute atomic E-state index is 13.7. The number of nitrogens with zero attached hydrogens (tertiary/aromatic N) is 3. The van der Waals surface area contributed by atoms with Crippen LogP contribution in [0.15, 0.2) is 23.3 Å². The number of piperidine rings is 1. The zero-order valence-corrected chi connectivity index (χ0v) is 17.5. The monoisotopic (exact) mass is 419 g/mol. The van der Waals surface area contributed by atoms with E-state index < -0.39 is 23.3 Å². The van der Waals surface area contributed by atoms with Gasteiger partial charge in [0.1, 0.15) is 17.2 Å². The lowest BCUT2D eigenvalue weighted by Crippen LogP contribution is -2.52. The van der Waals surface area contributed by atoms with Crippen LogP contribution < -0.4 is 0 Å². The van der Waals surface area contributed by atoms with Gasteiger partial charge in [-0.1, -0.05) is 0 Å². The average molecular weight is 419 g/mol. The summed E-state index contributed by atoms with van der Waals surface area (Å²) in [4.78, 5) is 27.7. The molecule has 2 fully saturated rings. The van der Waals surface area contributed by atoms with Gasteiger partial charge in [-0.15, -0.1) is 0 Å². The second kappa shape index (κ2) is 7.32. The number of hydrogen-bond donors (Lipinski definition) is 0. The van der Waals surface area contributed by atoms with Crippen molar-refractivity contribution in [3.05, 3.63) is 35.4 Å². The number of hydrazone groups is 1. The van der Waals surface area contributed by atoms with Gasteiger partial charge in [-0.05, 0) is 64.2 Å². The molecule has 2 heterocycles. The van der Waals surface area contributed by atoms with Crippen LogP contribution in [0.4, 0.5) is 13.6 Å². The van der Waals surface area contributed by atoms with Crippen molar-refractivity contribution in [1.82, 2.24) is 9.91 Å². The van der Waals surface area contributed by atoms with Gasteiger partial charge in [-0.25, -0.2) is 18.6 Å². The van der Waals surface area contributed by atoms with Gasteiger partial charge >= 0.3 is 6.09 Å². The summed E-state index contributed by atoms with van der Waals surface area (Å²) in [5.41, 5.74) is -0.506. The lowest BCUT2D eigenvalue weighted by atomic mass is 9.87. The molecule has 3 aliphatic rings. The predicted octanol–water partition coefficient (Wildman–Crippen LogP) is 4.40. The first-order chi connectivity index (χ1) is 14.1. The molecule has 1 aromatic carbocycles. The van der Waals surface area contributed by atoms with Crippen LogP contribution in [0.25, 0.3) is 0 Å². The number of benzene rings is 1. The van der Waals surface area contributed by atoms with Crippen LogP contribution in [0, 0.1) is 17.6 Å². The van der Waals surface area contributed by atoms with Crippen molar-refractivity contribution in [3.63, 3.8) is 0 Å². The third-order valence-corrected chi connectivity index (χ3v) is 6.02. The smallest absolute Gasteiger partial charge is 0.410 e. The Kier molecular flexibility index (Phi) is 5.06. The van der Waals surface area contributed by atoms with Crippen molar-refractivity contribution in [2.24, 2.45) is 11.0 Å². The summed E-state index contributed by atoms with van der Waals surface area (Å²) in [7, 11) is 0. The largest absolute Gasteiger partial charge is 0.444 e. The molecule has 2 aliphatic heterocycles. The normalized spacial score (nSPS) is 25.0. The molecule has 1 aromatic rings. The van der Waals surface area contributed by atoms with Crippen molar-refractivity contribution in [3.8, 4) is 0 Å².